The molecule has 0 aliphatic rings. The summed E-state index contributed by atoms with van der Waals surface area (Å²) in [6.07, 6.45) is 2.63. The van der Waals surface area contributed by atoms with E-state index in [1.54, 1.807) is 35.2 Å². The van der Waals surface area contributed by atoms with Gasteiger partial charge >= 0.3 is 7.60 Å². The Morgan fingerprint density at radius 2 is 1.89 bits per heavy atom. The van der Waals surface area contributed by atoms with Crippen molar-refractivity contribution in [3.63, 3.8) is 0 Å². The number of aromatic nitrogens is 4. The van der Waals surface area contributed by atoms with E-state index < -0.39 is 19.5 Å². The molecule has 0 spiro atoms. The molecule has 2 aromatic carbocycles. The summed E-state index contributed by atoms with van der Waals surface area (Å²) < 4.78 is 45.6. The van der Waals surface area contributed by atoms with Crippen LogP contribution in [0.4, 0.5) is 10.2 Å². The highest BCUT2D eigenvalue weighted by atomic mass is 31.2. The van der Waals surface area contributed by atoms with E-state index in [2.05, 4.69) is 20.3 Å². The van der Waals surface area contributed by atoms with Gasteiger partial charge in [0.05, 0.1) is 25.6 Å². The van der Waals surface area contributed by atoms with Crippen LogP contribution >= 0.6 is 7.60 Å². The molecule has 2 unspecified atom stereocenters. The van der Waals surface area contributed by atoms with E-state index in [0.717, 1.165) is 0 Å². The topological polar surface area (TPSA) is 143 Å². The quantitative estimate of drug-likeness (QED) is 0.189. The van der Waals surface area contributed by atoms with E-state index in [1.807, 2.05) is 13.0 Å². The molecule has 0 bridgehead atoms. The fraction of sp³-hybridized carbons (Fsp3) is 0.280. The average molecular weight is 543 g/mol. The van der Waals surface area contributed by atoms with E-state index in [9.17, 15) is 13.8 Å². The lowest BCUT2D eigenvalue weighted by atomic mass is 10.2. The molecule has 4 aromatic rings. The standard InChI is InChI=1S/C25H28FN6O5P/c1-18(14-32-16-31-22-23(27)29-15-30-24(22)32)35-17-38(34,37-21-6-3-2-4-7-21)36-13-5-12-28-25(33)19-8-10-20(26)11-9-19/h2-4,6-11,15-16,18H,5,12-14,17H2,1H3,(H,28,33)(H2,27,29,30). The monoisotopic (exact) mass is 542 g/mol. The molecule has 2 aromatic heterocycles. The molecule has 3 N–H and O–H groups in total. The van der Waals surface area contributed by atoms with Crippen molar-refractivity contribution in [3.8, 4) is 5.75 Å². The molecule has 13 heteroatoms. The minimum absolute atomic E-state index is 0.0495. The summed E-state index contributed by atoms with van der Waals surface area (Å²) in [6, 6.07) is 13.9. The zero-order valence-electron chi connectivity index (χ0n) is 20.7. The van der Waals surface area contributed by atoms with Crippen LogP contribution in [0.15, 0.2) is 67.3 Å². The van der Waals surface area contributed by atoms with Crippen molar-refractivity contribution in [2.24, 2.45) is 0 Å². The summed E-state index contributed by atoms with van der Waals surface area (Å²) in [5.41, 5.74) is 7.24. The van der Waals surface area contributed by atoms with Crippen LogP contribution in [0.25, 0.3) is 11.2 Å². The Bertz CT molecular complexity index is 1400. The number of ether oxygens (including phenoxy) is 1. The Labute approximate surface area is 218 Å². The number of nitrogens with two attached hydrogens (primary N) is 1. The summed E-state index contributed by atoms with van der Waals surface area (Å²) in [5, 5.41) is 2.72. The van der Waals surface area contributed by atoms with Crippen LogP contribution < -0.4 is 15.6 Å². The largest absolute Gasteiger partial charge is 0.423 e. The maximum Gasteiger partial charge on any atom is 0.404 e. The Morgan fingerprint density at radius 3 is 2.66 bits per heavy atom. The number of amides is 1. The van der Waals surface area contributed by atoms with Gasteiger partial charge in [-0.05, 0) is 49.7 Å². The highest BCUT2D eigenvalue weighted by Crippen LogP contribution is 2.48. The third kappa shape index (κ3) is 7.34. The summed E-state index contributed by atoms with van der Waals surface area (Å²) in [5.74, 6) is -0.0996. The first-order chi connectivity index (χ1) is 18.3. The van der Waals surface area contributed by atoms with Crippen LogP contribution in [0.3, 0.4) is 0 Å². The van der Waals surface area contributed by atoms with Gasteiger partial charge in [0.15, 0.2) is 17.8 Å². The number of para-hydroxylation sites is 1. The Morgan fingerprint density at radius 1 is 1.13 bits per heavy atom. The molecule has 2 atom stereocenters. The van der Waals surface area contributed by atoms with Crippen molar-refractivity contribution in [1.29, 1.82) is 0 Å². The number of nitrogens with one attached hydrogen (secondary N) is 1. The number of halogens is 1. The van der Waals surface area contributed by atoms with Gasteiger partial charge in [-0.2, -0.15) is 0 Å². The second-order valence-corrected chi connectivity index (χ2v) is 10.3. The molecule has 0 saturated carbocycles. The minimum atomic E-state index is -3.72. The van der Waals surface area contributed by atoms with Gasteiger partial charge in [0.2, 0.25) is 0 Å². The van der Waals surface area contributed by atoms with E-state index in [4.69, 9.17) is 19.5 Å². The normalized spacial score (nSPS) is 13.6. The molecule has 1 amide bonds. The van der Waals surface area contributed by atoms with E-state index in [0.29, 0.717) is 35.4 Å². The van der Waals surface area contributed by atoms with Crippen molar-refractivity contribution in [1.82, 2.24) is 24.8 Å². The summed E-state index contributed by atoms with van der Waals surface area (Å²) in [6.45, 7) is 2.49. The molecule has 0 fully saturated rings. The number of nitrogens with zero attached hydrogens (tertiary/aromatic N) is 4. The zero-order chi connectivity index (χ0) is 27.0. The molecule has 0 aliphatic heterocycles. The lowest BCUT2D eigenvalue weighted by Gasteiger charge is -2.22. The SMILES string of the molecule is CC(Cn1cnc2c(N)ncnc21)OCP(=O)(OCCCNC(=O)c1ccc(F)cc1)Oc1ccccc1. The molecule has 11 nitrogen and oxygen atoms in total. The van der Waals surface area contributed by atoms with Crippen molar-refractivity contribution < 1.29 is 27.5 Å². The number of fused-ring (bicyclic) bond motifs is 1. The molecule has 0 saturated heterocycles. The Hall–Kier alpha value is -3.86. The van der Waals surface area contributed by atoms with Gasteiger partial charge in [0.25, 0.3) is 5.91 Å². The number of rotatable bonds is 13. The van der Waals surface area contributed by atoms with Gasteiger partial charge < -0.3 is 24.9 Å². The van der Waals surface area contributed by atoms with Crippen molar-refractivity contribution in [3.05, 3.63) is 78.6 Å². The molecule has 0 radical (unpaired) electrons. The second-order valence-electron chi connectivity index (χ2n) is 8.40. The van der Waals surface area contributed by atoms with E-state index in [-0.39, 0.29) is 31.2 Å². The van der Waals surface area contributed by atoms with Gasteiger partial charge in [0, 0.05) is 12.1 Å². The summed E-state index contributed by atoms with van der Waals surface area (Å²) >= 11 is 0. The van der Waals surface area contributed by atoms with Gasteiger partial charge in [-0.25, -0.2) is 23.9 Å². The van der Waals surface area contributed by atoms with Crippen LogP contribution in [-0.2, 0) is 20.4 Å². The Kier molecular flexibility index (Phi) is 9.01. The second kappa shape index (κ2) is 12.6. The van der Waals surface area contributed by atoms with Crippen LogP contribution in [-0.4, -0.2) is 51.0 Å². The number of hydrogen-bond donors (Lipinski definition) is 2. The van der Waals surface area contributed by atoms with Crippen LogP contribution in [0.2, 0.25) is 0 Å². The molecular formula is C25H28FN6O5P. The summed E-state index contributed by atoms with van der Waals surface area (Å²) in [7, 11) is -3.72. The fourth-order valence-electron chi connectivity index (χ4n) is 3.49. The van der Waals surface area contributed by atoms with Crippen molar-refractivity contribution in [2.45, 2.75) is 26.0 Å². The number of nitrogen functional groups attached to an aromatic ring is 1. The number of carbonyl (C=O) groups excluding carboxylic acids is 1. The Balaban J connectivity index is 1.31. The van der Waals surface area contributed by atoms with E-state index in [1.165, 1.54) is 30.6 Å². The maximum atomic E-state index is 13.5. The third-order valence-electron chi connectivity index (χ3n) is 5.39. The van der Waals surface area contributed by atoms with Gasteiger partial charge in [-0.1, -0.05) is 18.2 Å². The van der Waals surface area contributed by atoms with Crippen molar-refractivity contribution >= 4 is 30.5 Å². The number of carbonyl (C=O) groups is 1. The van der Waals surface area contributed by atoms with Crippen LogP contribution in [0, 0.1) is 5.82 Å². The zero-order valence-corrected chi connectivity index (χ0v) is 21.6. The first kappa shape index (κ1) is 27.2. The smallest absolute Gasteiger partial charge is 0.404 e. The first-order valence-electron chi connectivity index (χ1n) is 11.9. The van der Waals surface area contributed by atoms with Crippen LogP contribution in [0.5, 0.6) is 5.75 Å². The molecule has 38 heavy (non-hydrogen) atoms. The molecule has 4 rings (SSSR count). The van der Waals surface area contributed by atoms with Crippen molar-refractivity contribution in [2.75, 3.05) is 25.2 Å². The van der Waals surface area contributed by atoms with Gasteiger partial charge in [0.1, 0.15) is 23.4 Å². The van der Waals surface area contributed by atoms with Gasteiger partial charge in [-0.3, -0.25) is 9.32 Å². The molecular weight excluding hydrogens is 514 g/mol. The average Bonchev–Trinajstić information content (AvgIpc) is 3.32. The predicted molar refractivity (Wildman–Crippen MR) is 139 cm³/mol. The van der Waals surface area contributed by atoms with Crippen LogP contribution in [0.1, 0.15) is 23.7 Å². The molecule has 2 heterocycles. The number of benzene rings is 2. The molecule has 200 valence electrons. The number of imidazole rings is 1. The number of hydrogen-bond acceptors (Lipinski definition) is 9. The number of anilines is 1. The van der Waals surface area contributed by atoms with Gasteiger partial charge in [-0.15, -0.1) is 0 Å². The predicted octanol–water partition coefficient (Wildman–Crippen LogP) is 4.02. The maximum absolute atomic E-state index is 13.5. The lowest BCUT2D eigenvalue weighted by Crippen LogP contribution is -2.25. The first-order valence-corrected chi connectivity index (χ1v) is 13.6. The third-order valence-corrected chi connectivity index (χ3v) is 6.92. The summed E-state index contributed by atoms with van der Waals surface area (Å²) in [4.78, 5) is 24.6. The lowest BCUT2D eigenvalue weighted by molar-refractivity contribution is 0.0726. The minimum Gasteiger partial charge on any atom is -0.423 e. The highest BCUT2D eigenvalue weighted by Gasteiger charge is 2.28. The highest BCUT2D eigenvalue weighted by molar-refractivity contribution is 7.54. The molecule has 0 aliphatic carbocycles. The fourth-order valence-corrected chi connectivity index (χ4v) is 4.96. The van der Waals surface area contributed by atoms with E-state index >= 15 is 0 Å².